The van der Waals surface area contributed by atoms with Gasteiger partial charge in [-0.05, 0) is 30.5 Å². The molecule has 150 valence electrons. The Balaban J connectivity index is 1.58. The zero-order valence-corrected chi connectivity index (χ0v) is 16.9. The van der Waals surface area contributed by atoms with Crippen LogP contribution >= 0.6 is 11.3 Å². The summed E-state index contributed by atoms with van der Waals surface area (Å²) in [7, 11) is 0. The van der Waals surface area contributed by atoms with Crippen molar-refractivity contribution in [1.29, 1.82) is 0 Å². The van der Waals surface area contributed by atoms with E-state index in [4.69, 9.17) is 5.73 Å². The van der Waals surface area contributed by atoms with Crippen molar-refractivity contribution in [3.8, 4) is 16.4 Å². The molecule has 2 N–H and O–H groups in total. The molecule has 0 bridgehead atoms. The van der Waals surface area contributed by atoms with Gasteiger partial charge in [0.15, 0.2) is 5.82 Å². The minimum absolute atomic E-state index is 0.175. The Bertz CT molecular complexity index is 993. The maximum atomic E-state index is 13.1. The van der Waals surface area contributed by atoms with E-state index in [2.05, 4.69) is 10.1 Å². The van der Waals surface area contributed by atoms with Crippen molar-refractivity contribution in [3.63, 3.8) is 0 Å². The first kappa shape index (κ1) is 19.3. The van der Waals surface area contributed by atoms with Crippen LogP contribution in [-0.4, -0.2) is 68.6 Å². The summed E-state index contributed by atoms with van der Waals surface area (Å²) in [6.45, 7) is 3.98. The van der Waals surface area contributed by atoms with E-state index in [0.717, 1.165) is 10.6 Å². The quantitative estimate of drug-likeness (QED) is 0.689. The number of para-hydroxylation sites is 1. The molecule has 3 aromatic rings. The lowest BCUT2D eigenvalue weighted by Crippen LogP contribution is -2.54. The van der Waals surface area contributed by atoms with Crippen LogP contribution < -0.4 is 5.73 Å². The molecule has 1 saturated heterocycles. The second-order valence-electron chi connectivity index (χ2n) is 6.89. The number of thiophene rings is 1. The number of aromatic nitrogens is 3. The lowest BCUT2D eigenvalue weighted by Gasteiger charge is -2.36. The fourth-order valence-corrected chi connectivity index (χ4v) is 4.05. The Morgan fingerprint density at radius 3 is 2.41 bits per heavy atom. The van der Waals surface area contributed by atoms with Gasteiger partial charge in [0.25, 0.3) is 5.91 Å². The number of rotatable bonds is 5. The number of primary amides is 1. The first-order chi connectivity index (χ1) is 14.0. The molecule has 1 fully saturated rings. The van der Waals surface area contributed by atoms with E-state index in [1.165, 1.54) is 0 Å². The molecule has 0 aliphatic carbocycles. The van der Waals surface area contributed by atoms with Gasteiger partial charge < -0.3 is 10.6 Å². The molecule has 9 heteroatoms. The van der Waals surface area contributed by atoms with Crippen molar-refractivity contribution in [3.05, 3.63) is 53.7 Å². The SMILES string of the molecule is CC(C(N)=O)N1CCN(C(=O)c2nc(-c3cccs3)n(-c3ccccc3)n2)CC1. The Morgan fingerprint density at radius 2 is 1.79 bits per heavy atom. The predicted octanol–water partition coefficient (Wildman–Crippen LogP) is 1.63. The zero-order chi connectivity index (χ0) is 20.4. The minimum atomic E-state index is -0.353. The summed E-state index contributed by atoms with van der Waals surface area (Å²) >= 11 is 1.55. The van der Waals surface area contributed by atoms with Gasteiger partial charge in [-0.25, -0.2) is 9.67 Å². The third-order valence-corrected chi connectivity index (χ3v) is 5.97. The first-order valence-corrected chi connectivity index (χ1v) is 10.3. The van der Waals surface area contributed by atoms with Crippen LogP contribution in [0.4, 0.5) is 0 Å². The standard InChI is InChI=1S/C20H22N6O2S/c1-14(17(21)27)24-9-11-25(12-10-24)20(28)18-22-19(16-8-5-13-29-16)26(23-18)15-6-3-2-4-7-15/h2-8,13-14H,9-12H2,1H3,(H2,21,27). The van der Waals surface area contributed by atoms with Crippen LogP contribution in [-0.2, 0) is 4.79 Å². The number of hydrogen-bond donors (Lipinski definition) is 1. The highest BCUT2D eigenvalue weighted by atomic mass is 32.1. The summed E-state index contributed by atoms with van der Waals surface area (Å²) < 4.78 is 1.71. The van der Waals surface area contributed by atoms with Gasteiger partial charge in [-0.2, -0.15) is 0 Å². The fourth-order valence-electron chi connectivity index (χ4n) is 3.35. The highest BCUT2D eigenvalue weighted by Crippen LogP contribution is 2.26. The lowest BCUT2D eigenvalue weighted by atomic mass is 10.2. The molecule has 1 aliphatic heterocycles. The summed E-state index contributed by atoms with van der Waals surface area (Å²) in [5.74, 6) is 0.265. The van der Waals surface area contributed by atoms with Crippen LogP contribution in [0.5, 0.6) is 0 Å². The first-order valence-electron chi connectivity index (χ1n) is 9.43. The van der Waals surface area contributed by atoms with Crippen LogP contribution in [0.15, 0.2) is 47.8 Å². The van der Waals surface area contributed by atoms with E-state index < -0.39 is 0 Å². The molecular weight excluding hydrogens is 388 g/mol. The van der Waals surface area contributed by atoms with Crippen molar-refractivity contribution in [2.75, 3.05) is 26.2 Å². The van der Waals surface area contributed by atoms with E-state index in [1.54, 1.807) is 27.8 Å². The van der Waals surface area contributed by atoms with Crippen molar-refractivity contribution < 1.29 is 9.59 Å². The van der Waals surface area contributed by atoms with Crippen molar-refractivity contribution in [2.45, 2.75) is 13.0 Å². The van der Waals surface area contributed by atoms with Gasteiger partial charge in [0.05, 0.1) is 16.6 Å². The van der Waals surface area contributed by atoms with Gasteiger partial charge in [0, 0.05) is 26.2 Å². The largest absolute Gasteiger partial charge is 0.368 e. The molecule has 1 atom stereocenters. The number of nitrogens with two attached hydrogens (primary N) is 1. The fraction of sp³-hybridized carbons (Fsp3) is 0.300. The van der Waals surface area contributed by atoms with Crippen LogP contribution in [0.25, 0.3) is 16.4 Å². The molecule has 8 nitrogen and oxygen atoms in total. The number of carbonyl (C=O) groups excluding carboxylic acids is 2. The van der Waals surface area contributed by atoms with E-state index in [0.29, 0.717) is 32.0 Å². The predicted molar refractivity (Wildman–Crippen MR) is 111 cm³/mol. The van der Waals surface area contributed by atoms with E-state index >= 15 is 0 Å². The topological polar surface area (TPSA) is 97.4 Å². The van der Waals surface area contributed by atoms with Crippen molar-refractivity contribution in [1.82, 2.24) is 24.6 Å². The number of amides is 2. The molecule has 0 spiro atoms. The average molecular weight is 411 g/mol. The van der Waals surface area contributed by atoms with Crippen molar-refractivity contribution >= 4 is 23.2 Å². The maximum absolute atomic E-state index is 13.1. The highest BCUT2D eigenvalue weighted by Gasteiger charge is 2.29. The monoisotopic (exact) mass is 410 g/mol. The summed E-state index contributed by atoms with van der Waals surface area (Å²) in [5, 5.41) is 6.50. The Morgan fingerprint density at radius 1 is 1.07 bits per heavy atom. The molecule has 0 radical (unpaired) electrons. The molecule has 1 aliphatic rings. The van der Waals surface area contributed by atoms with Gasteiger partial charge >= 0.3 is 0 Å². The molecule has 1 unspecified atom stereocenters. The van der Waals surface area contributed by atoms with Crippen LogP contribution in [0.2, 0.25) is 0 Å². The number of carbonyl (C=O) groups is 2. The molecule has 2 aromatic heterocycles. The van der Waals surface area contributed by atoms with Crippen molar-refractivity contribution in [2.24, 2.45) is 5.73 Å². The van der Waals surface area contributed by atoms with E-state index in [9.17, 15) is 9.59 Å². The molecule has 0 saturated carbocycles. The number of nitrogens with zero attached hydrogens (tertiary/aromatic N) is 5. The van der Waals surface area contributed by atoms with E-state index in [1.807, 2.05) is 52.7 Å². The smallest absolute Gasteiger partial charge is 0.293 e. The molecular formula is C20H22N6O2S. The summed E-state index contributed by atoms with van der Waals surface area (Å²) in [4.78, 5) is 33.7. The Kier molecular flexibility index (Phi) is 5.41. The summed E-state index contributed by atoms with van der Waals surface area (Å²) in [5.41, 5.74) is 6.24. The second-order valence-corrected chi connectivity index (χ2v) is 7.84. The number of piperazine rings is 1. The molecule has 4 rings (SSSR count). The Labute approximate surface area is 172 Å². The second kappa shape index (κ2) is 8.14. The maximum Gasteiger partial charge on any atom is 0.293 e. The van der Waals surface area contributed by atoms with Gasteiger partial charge in [-0.1, -0.05) is 24.3 Å². The van der Waals surface area contributed by atoms with Gasteiger partial charge in [-0.15, -0.1) is 16.4 Å². The van der Waals surface area contributed by atoms with Crippen LogP contribution in [0.1, 0.15) is 17.5 Å². The zero-order valence-electron chi connectivity index (χ0n) is 16.1. The third kappa shape index (κ3) is 3.92. The molecule has 3 heterocycles. The summed E-state index contributed by atoms with van der Waals surface area (Å²) in [6, 6.07) is 13.2. The third-order valence-electron chi connectivity index (χ3n) is 5.10. The summed E-state index contributed by atoms with van der Waals surface area (Å²) in [6.07, 6.45) is 0. The average Bonchev–Trinajstić information content (AvgIpc) is 3.43. The Hall–Kier alpha value is -3.04. The normalized spacial score (nSPS) is 16.0. The number of hydrogen-bond acceptors (Lipinski definition) is 6. The van der Waals surface area contributed by atoms with Gasteiger partial charge in [0.2, 0.25) is 11.7 Å². The minimum Gasteiger partial charge on any atom is -0.368 e. The number of benzene rings is 1. The van der Waals surface area contributed by atoms with E-state index in [-0.39, 0.29) is 23.7 Å². The van der Waals surface area contributed by atoms with Gasteiger partial charge in [0.1, 0.15) is 0 Å². The highest BCUT2D eigenvalue weighted by molar-refractivity contribution is 7.13. The molecule has 2 amide bonds. The molecule has 1 aromatic carbocycles. The lowest BCUT2D eigenvalue weighted by molar-refractivity contribution is -0.123. The van der Waals surface area contributed by atoms with Crippen LogP contribution in [0, 0.1) is 0 Å². The van der Waals surface area contributed by atoms with Crippen LogP contribution in [0.3, 0.4) is 0 Å². The van der Waals surface area contributed by atoms with Gasteiger partial charge in [-0.3, -0.25) is 14.5 Å². The molecule has 29 heavy (non-hydrogen) atoms.